The number of methoxy groups -OCH3 is 1. The maximum absolute atomic E-state index is 5.52. The third-order valence-corrected chi connectivity index (χ3v) is 1.93. The molecule has 0 aliphatic heterocycles. The molecule has 0 saturated heterocycles. The number of hydrogen-bond donors (Lipinski definition) is 1. The fraction of sp³-hybridized carbons (Fsp3) is 0.167. The number of rotatable bonds is 1. The van der Waals surface area contributed by atoms with Crippen molar-refractivity contribution in [2.75, 3.05) is 12.8 Å². The third-order valence-electron chi connectivity index (χ3n) is 1.06. The molecule has 1 heterocycles. The first-order chi connectivity index (χ1) is 4.74. The van der Waals surface area contributed by atoms with Gasteiger partial charge in [-0.15, -0.1) is 0 Å². The van der Waals surface area contributed by atoms with Gasteiger partial charge in [0.15, 0.2) is 0 Å². The van der Waals surface area contributed by atoms with E-state index in [1.807, 2.05) is 0 Å². The molecule has 0 aliphatic carbocycles. The van der Waals surface area contributed by atoms with Crippen molar-refractivity contribution >= 4 is 28.3 Å². The quantitative estimate of drug-likeness (QED) is 0.603. The van der Waals surface area contributed by atoms with Crippen LogP contribution in [0.2, 0.25) is 0 Å². The smallest absolute Gasteiger partial charge is 0.214 e. The zero-order valence-corrected chi connectivity index (χ0v) is 7.62. The van der Waals surface area contributed by atoms with Crippen molar-refractivity contribution < 1.29 is 4.74 Å². The molecule has 0 radical (unpaired) electrons. The molecule has 1 aromatic heterocycles. The average molecular weight is 250 g/mol. The predicted octanol–water partition coefficient (Wildman–Crippen LogP) is 1.28. The molecule has 0 fully saturated rings. The molecule has 0 aromatic carbocycles. The van der Waals surface area contributed by atoms with Crippen LogP contribution in [0.1, 0.15) is 0 Å². The molecule has 4 heteroatoms. The Balaban J connectivity index is 3.04. The van der Waals surface area contributed by atoms with E-state index in [4.69, 9.17) is 10.5 Å². The first kappa shape index (κ1) is 7.59. The van der Waals surface area contributed by atoms with Gasteiger partial charge in [0, 0.05) is 6.07 Å². The summed E-state index contributed by atoms with van der Waals surface area (Å²) in [6.07, 6.45) is 0. The summed E-state index contributed by atoms with van der Waals surface area (Å²) >= 11 is 2.06. The summed E-state index contributed by atoms with van der Waals surface area (Å²) in [6, 6.07) is 3.51. The first-order valence-corrected chi connectivity index (χ1v) is 3.78. The van der Waals surface area contributed by atoms with E-state index in [1.54, 1.807) is 19.2 Å². The van der Waals surface area contributed by atoms with Gasteiger partial charge in [-0.2, -0.15) is 0 Å². The molecule has 0 saturated carbocycles. The Bertz CT molecular complexity index is 239. The number of aromatic nitrogens is 1. The van der Waals surface area contributed by atoms with E-state index in [0.717, 1.165) is 3.70 Å². The van der Waals surface area contributed by atoms with Gasteiger partial charge in [0.2, 0.25) is 5.88 Å². The number of pyridine rings is 1. The standard InChI is InChI=1S/C6H7IN2O/c1-10-5-3-2-4(8)6(7)9-5/h2-3H,8H2,1H3. The lowest BCUT2D eigenvalue weighted by molar-refractivity contribution is 0.397. The van der Waals surface area contributed by atoms with Crippen molar-refractivity contribution in [2.45, 2.75) is 0 Å². The first-order valence-electron chi connectivity index (χ1n) is 2.70. The van der Waals surface area contributed by atoms with Crippen molar-refractivity contribution in [3.63, 3.8) is 0 Å². The topological polar surface area (TPSA) is 48.1 Å². The largest absolute Gasteiger partial charge is 0.481 e. The summed E-state index contributed by atoms with van der Waals surface area (Å²) in [5.74, 6) is 0.596. The van der Waals surface area contributed by atoms with Crippen LogP contribution in [0.3, 0.4) is 0 Å². The van der Waals surface area contributed by atoms with Crippen molar-refractivity contribution in [1.82, 2.24) is 4.98 Å². The maximum atomic E-state index is 5.52. The van der Waals surface area contributed by atoms with E-state index in [2.05, 4.69) is 27.6 Å². The van der Waals surface area contributed by atoms with Crippen LogP contribution in [0.15, 0.2) is 12.1 Å². The van der Waals surface area contributed by atoms with Gasteiger partial charge in [-0.05, 0) is 28.7 Å². The normalized spacial score (nSPS) is 9.40. The molecule has 0 spiro atoms. The van der Waals surface area contributed by atoms with Crippen LogP contribution in [0.4, 0.5) is 5.69 Å². The second kappa shape index (κ2) is 3.05. The van der Waals surface area contributed by atoms with Crippen molar-refractivity contribution in [3.05, 3.63) is 15.8 Å². The minimum Gasteiger partial charge on any atom is -0.481 e. The van der Waals surface area contributed by atoms with Gasteiger partial charge < -0.3 is 10.5 Å². The highest BCUT2D eigenvalue weighted by molar-refractivity contribution is 14.1. The highest BCUT2D eigenvalue weighted by Gasteiger charge is 1.97. The average Bonchev–Trinajstić information content (AvgIpc) is 1.95. The van der Waals surface area contributed by atoms with E-state index in [1.165, 1.54) is 0 Å². The molecular formula is C6H7IN2O. The Morgan fingerprint density at radius 3 is 2.80 bits per heavy atom. The zero-order valence-electron chi connectivity index (χ0n) is 5.47. The summed E-state index contributed by atoms with van der Waals surface area (Å²) in [6.45, 7) is 0. The van der Waals surface area contributed by atoms with Crippen LogP contribution in [-0.4, -0.2) is 12.1 Å². The van der Waals surface area contributed by atoms with Gasteiger partial charge in [0.1, 0.15) is 3.70 Å². The SMILES string of the molecule is COc1ccc(N)c(I)n1. The van der Waals surface area contributed by atoms with Gasteiger partial charge in [0.05, 0.1) is 12.8 Å². The molecule has 3 nitrogen and oxygen atoms in total. The van der Waals surface area contributed by atoms with Crippen LogP contribution < -0.4 is 10.5 Å². The van der Waals surface area contributed by atoms with Gasteiger partial charge in [0.25, 0.3) is 0 Å². The number of halogens is 1. The Morgan fingerprint density at radius 2 is 2.30 bits per heavy atom. The monoisotopic (exact) mass is 250 g/mol. The Hall–Kier alpha value is -0.520. The Kier molecular flexibility index (Phi) is 2.31. The second-order valence-corrected chi connectivity index (χ2v) is 2.76. The molecule has 0 bridgehead atoms. The summed E-state index contributed by atoms with van der Waals surface area (Å²) in [7, 11) is 1.58. The van der Waals surface area contributed by atoms with Gasteiger partial charge in [-0.3, -0.25) is 0 Å². The zero-order chi connectivity index (χ0) is 7.56. The van der Waals surface area contributed by atoms with E-state index >= 15 is 0 Å². The summed E-state index contributed by atoms with van der Waals surface area (Å²) in [4.78, 5) is 4.03. The highest BCUT2D eigenvalue weighted by atomic mass is 127. The Labute approximate surface area is 72.7 Å². The number of nitrogens with zero attached hydrogens (tertiary/aromatic N) is 1. The third kappa shape index (κ3) is 1.50. The molecule has 1 rings (SSSR count). The van der Waals surface area contributed by atoms with E-state index in [0.29, 0.717) is 11.6 Å². The van der Waals surface area contributed by atoms with Crippen molar-refractivity contribution in [3.8, 4) is 5.88 Å². The summed E-state index contributed by atoms with van der Waals surface area (Å²) in [5.41, 5.74) is 6.20. The van der Waals surface area contributed by atoms with Gasteiger partial charge in [-0.25, -0.2) is 4.98 Å². The molecular weight excluding hydrogens is 243 g/mol. The fourth-order valence-corrected chi connectivity index (χ4v) is 0.960. The van der Waals surface area contributed by atoms with Crippen LogP contribution in [0.5, 0.6) is 5.88 Å². The number of hydrogen-bond acceptors (Lipinski definition) is 3. The molecule has 0 unspecified atom stereocenters. The van der Waals surface area contributed by atoms with Crippen LogP contribution in [0.25, 0.3) is 0 Å². The second-order valence-electron chi connectivity index (χ2n) is 1.73. The lowest BCUT2D eigenvalue weighted by atomic mass is 10.4. The lowest BCUT2D eigenvalue weighted by Gasteiger charge is -1.99. The van der Waals surface area contributed by atoms with Gasteiger partial charge in [-0.1, -0.05) is 0 Å². The Morgan fingerprint density at radius 1 is 1.60 bits per heavy atom. The molecule has 2 N–H and O–H groups in total. The van der Waals surface area contributed by atoms with E-state index < -0.39 is 0 Å². The highest BCUT2D eigenvalue weighted by Crippen LogP contribution is 2.15. The molecule has 0 atom stereocenters. The fourth-order valence-electron chi connectivity index (χ4n) is 0.542. The van der Waals surface area contributed by atoms with E-state index in [-0.39, 0.29) is 0 Å². The molecule has 1 aromatic rings. The molecule has 54 valence electrons. The van der Waals surface area contributed by atoms with E-state index in [9.17, 15) is 0 Å². The maximum Gasteiger partial charge on any atom is 0.214 e. The van der Waals surface area contributed by atoms with Crippen molar-refractivity contribution in [2.24, 2.45) is 0 Å². The van der Waals surface area contributed by atoms with Crippen molar-refractivity contribution in [1.29, 1.82) is 0 Å². The minimum absolute atomic E-state index is 0.596. The predicted molar refractivity (Wildman–Crippen MR) is 47.9 cm³/mol. The summed E-state index contributed by atoms with van der Waals surface area (Å²) in [5, 5.41) is 0. The molecule has 0 aliphatic rings. The lowest BCUT2D eigenvalue weighted by Crippen LogP contribution is -1.94. The van der Waals surface area contributed by atoms with Gasteiger partial charge >= 0.3 is 0 Å². The molecule has 0 amide bonds. The van der Waals surface area contributed by atoms with Crippen LogP contribution >= 0.6 is 22.6 Å². The molecule has 10 heavy (non-hydrogen) atoms. The number of nitrogen functional groups attached to an aromatic ring is 1. The number of nitrogens with two attached hydrogens (primary N) is 1. The number of ether oxygens (including phenoxy) is 1. The minimum atomic E-state index is 0.596. The summed E-state index contributed by atoms with van der Waals surface area (Å²) < 4.78 is 5.65. The number of anilines is 1. The van der Waals surface area contributed by atoms with Crippen LogP contribution in [-0.2, 0) is 0 Å². The van der Waals surface area contributed by atoms with Crippen LogP contribution in [0, 0.1) is 3.70 Å².